The lowest BCUT2D eigenvalue weighted by molar-refractivity contribution is 0.0652. The summed E-state index contributed by atoms with van der Waals surface area (Å²) in [5.74, 6) is 2.59. The molecule has 2 heteroatoms. The van der Waals surface area contributed by atoms with Gasteiger partial charge in [0.15, 0.2) is 0 Å². The molecule has 9 heavy (non-hydrogen) atoms. The summed E-state index contributed by atoms with van der Waals surface area (Å²) in [4.78, 5) is 0. The quantitative estimate of drug-likeness (QED) is 0.471. The molecular formula is C7H11ClO. The number of rotatable bonds is 3. The molecule has 0 spiro atoms. The lowest BCUT2D eigenvalue weighted by Gasteiger charge is -2.20. The number of alkyl halides is 1. The summed E-state index contributed by atoms with van der Waals surface area (Å²) in [6.07, 6.45) is 5.95. The third-order valence-electron chi connectivity index (χ3n) is 1.34. The van der Waals surface area contributed by atoms with E-state index in [4.69, 9.17) is 18.0 Å². The maximum atomic E-state index is 9.35. The molecule has 0 saturated carbocycles. The molecule has 1 N–H and O–H groups in total. The molecule has 0 fully saturated rings. The zero-order chi connectivity index (χ0) is 7.33. The summed E-state index contributed by atoms with van der Waals surface area (Å²) >= 11 is 5.44. The second-order valence-corrected chi connectivity index (χ2v) is 2.36. The fraction of sp³-hybridized carbons (Fsp3) is 0.714. The van der Waals surface area contributed by atoms with Gasteiger partial charge in [0.05, 0.1) is 11.5 Å². The summed E-state index contributed by atoms with van der Waals surface area (Å²) in [5, 5.41) is 9.35. The Kier molecular flexibility index (Phi) is 3.68. The molecule has 1 nitrogen and oxygen atoms in total. The largest absolute Gasteiger partial charge is 0.388 e. The van der Waals surface area contributed by atoms with Crippen molar-refractivity contribution < 1.29 is 5.11 Å². The highest BCUT2D eigenvalue weighted by atomic mass is 35.5. The van der Waals surface area contributed by atoms with E-state index in [1.807, 2.05) is 6.92 Å². The summed E-state index contributed by atoms with van der Waals surface area (Å²) in [7, 11) is 0. The van der Waals surface area contributed by atoms with Crippen molar-refractivity contribution in [2.45, 2.75) is 25.4 Å². The van der Waals surface area contributed by atoms with Crippen LogP contribution in [0.3, 0.4) is 0 Å². The van der Waals surface area contributed by atoms with E-state index in [2.05, 4.69) is 5.92 Å². The summed E-state index contributed by atoms with van der Waals surface area (Å²) < 4.78 is 0. The van der Waals surface area contributed by atoms with Gasteiger partial charge in [0, 0.05) is 6.42 Å². The van der Waals surface area contributed by atoms with Gasteiger partial charge in [0.2, 0.25) is 0 Å². The van der Waals surface area contributed by atoms with Crippen LogP contribution in [0.2, 0.25) is 0 Å². The highest BCUT2D eigenvalue weighted by molar-refractivity contribution is 6.18. The maximum absolute atomic E-state index is 9.35. The summed E-state index contributed by atoms with van der Waals surface area (Å²) in [5.41, 5.74) is -0.837. The third kappa shape index (κ3) is 2.74. The molecule has 0 aromatic rings. The SMILES string of the molecule is C#CCC(O)(CC)CCl. The Morgan fingerprint density at radius 3 is 2.44 bits per heavy atom. The maximum Gasteiger partial charge on any atom is 0.0888 e. The molecule has 0 radical (unpaired) electrons. The second-order valence-electron chi connectivity index (χ2n) is 2.09. The number of hydrogen-bond donors (Lipinski definition) is 1. The van der Waals surface area contributed by atoms with Crippen LogP contribution in [0.1, 0.15) is 19.8 Å². The minimum Gasteiger partial charge on any atom is -0.388 e. The zero-order valence-electron chi connectivity index (χ0n) is 5.52. The molecular weight excluding hydrogens is 136 g/mol. The van der Waals surface area contributed by atoms with Gasteiger partial charge in [-0.3, -0.25) is 0 Å². The molecule has 1 atom stereocenters. The van der Waals surface area contributed by atoms with Gasteiger partial charge in [0.1, 0.15) is 0 Å². The molecule has 0 aromatic carbocycles. The van der Waals surface area contributed by atoms with Gasteiger partial charge in [-0.05, 0) is 6.42 Å². The predicted octanol–water partition coefficient (Wildman–Crippen LogP) is 1.39. The van der Waals surface area contributed by atoms with Crippen molar-refractivity contribution in [1.29, 1.82) is 0 Å². The van der Waals surface area contributed by atoms with Crippen LogP contribution in [0.4, 0.5) is 0 Å². The number of aliphatic hydroxyl groups is 1. The van der Waals surface area contributed by atoms with Crippen LogP contribution >= 0.6 is 11.6 Å². The average molecular weight is 147 g/mol. The minimum absolute atomic E-state index is 0.216. The van der Waals surface area contributed by atoms with Crippen LogP contribution in [0.5, 0.6) is 0 Å². The van der Waals surface area contributed by atoms with Crippen molar-refractivity contribution in [3.05, 3.63) is 0 Å². The van der Waals surface area contributed by atoms with Crippen molar-refractivity contribution in [3.63, 3.8) is 0 Å². The monoisotopic (exact) mass is 146 g/mol. The van der Waals surface area contributed by atoms with Crippen LogP contribution in [0.25, 0.3) is 0 Å². The smallest absolute Gasteiger partial charge is 0.0888 e. The van der Waals surface area contributed by atoms with E-state index in [1.165, 1.54) is 0 Å². The first-order chi connectivity index (χ1) is 4.18. The first kappa shape index (κ1) is 8.81. The van der Waals surface area contributed by atoms with Gasteiger partial charge in [-0.1, -0.05) is 6.92 Å². The molecule has 52 valence electrons. The first-order valence-electron chi connectivity index (χ1n) is 2.90. The van der Waals surface area contributed by atoms with E-state index in [-0.39, 0.29) is 5.88 Å². The highest BCUT2D eigenvalue weighted by Crippen LogP contribution is 2.15. The van der Waals surface area contributed by atoms with Crippen LogP contribution in [-0.4, -0.2) is 16.6 Å². The average Bonchev–Trinajstić information content (AvgIpc) is 1.89. The van der Waals surface area contributed by atoms with E-state index in [1.54, 1.807) is 0 Å². The highest BCUT2D eigenvalue weighted by Gasteiger charge is 2.21. The second kappa shape index (κ2) is 3.76. The van der Waals surface area contributed by atoms with Gasteiger partial charge >= 0.3 is 0 Å². The molecule has 0 saturated heterocycles. The topological polar surface area (TPSA) is 20.2 Å². The molecule has 0 aliphatic carbocycles. The first-order valence-corrected chi connectivity index (χ1v) is 3.44. The van der Waals surface area contributed by atoms with Crippen molar-refractivity contribution >= 4 is 11.6 Å². The van der Waals surface area contributed by atoms with Crippen molar-refractivity contribution in [1.82, 2.24) is 0 Å². The normalized spacial score (nSPS) is 16.2. The Morgan fingerprint density at radius 1 is 1.78 bits per heavy atom. The fourth-order valence-corrected chi connectivity index (χ4v) is 0.740. The molecule has 0 aromatic heterocycles. The molecule has 1 unspecified atom stereocenters. The van der Waals surface area contributed by atoms with Crippen molar-refractivity contribution in [3.8, 4) is 12.3 Å². The van der Waals surface area contributed by atoms with E-state index in [0.29, 0.717) is 12.8 Å². The van der Waals surface area contributed by atoms with Gasteiger partial charge in [-0.2, -0.15) is 0 Å². The van der Waals surface area contributed by atoms with E-state index < -0.39 is 5.60 Å². The van der Waals surface area contributed by atoms with Crippen LogP contribution in [-0.2, 0) is 0 Å². The number of halogens is 1. The standard InChI is InChI=1S/C7H11ClO/c1-3-5-7(9,4-2)6-8/h1,9H,4-6H2,2H3. The van der Waals surface area contributed by atoms with E-state index in [9.17, 15) is 5.11 Å². The number of hydrogen-bond acceptors (Lipinski definition) is 1. The fourth-order valence-electron chi connectivity index (χ4n) is 0.457. The molecule has 0 heterocycles. The van der Waals surface area contributed by atoms with Gasteiger partial charge in [-0.15, -0.1) is 23.9 Å². The lowest BCUT2D eigenvalue weighted by atomic mass is 10.00. The van der Waals surface area contributed by atoms with Gasteiger partial charge in [0.25, 0.3) is 0 Å². The zero-order valence-corrected chi connectivity index (χ0v) is 6.28. The Bertz CT molecular complexity index is 111. The Hall–Kier alpha value is -0.190. The van der Waals surface area contributed by atoms with E-state index >= 15 is 0 Å². The van der Waals surface area contributed by atoms with Crippen LogP contribution in [0.15, 0.2) is 0 Å². The Balaban J connectivity index is 3.80. The predicted molar refractivity (Wildman–Crippen MR) is 39.4 cm³/mol. The molecule has 0 bridgehead atoms. The Morgan fingerprint density at radius 2 is 2.33 bits per heavy atom. The molecule has 0 rings (SSSR count). The van der Waals surface area contributed by atoms with Gasteiger partial charge in [-0.25, -0.2) is 0 Å². The van der Waals surface area contributed by atoms with Crippen LogP contribution in [0, 0.1) is 12.3 Å². The molecule has 0 amide bonds. The third-order valence-corrected chi connectivity index (χ3v) is 1.84. The molecule has 0 aliphatic rings. The lowest BCUT2D eigenvalue weighted by Crippen LogP contribution is -2.28. The van der Waals surface area contributed by atoms with E-state index in [0.717, 1.165) is 0 Å². The van der Waals surface area contributed by atoms with Gasteiger partial charge < -0.3 is 5.11 Å². The minimum atomic E-state index is -0.837. The van der Waals surface area contributed by atoms with Crippen LogP contribution < -0.4 is 0 Å². The van der Waals surface area contributed by atoms with Crippen molar-refractivity contribution in [2.24, 2.45) is 0 Å². The molecule has 0 aliphatic heterocycles. The summed E-state index contributed by atoms with van der Waals surface area (Å²) in [6.45, 7) is 1.86. The number of terminal acetylenes is 1. The van der Waals surface area contributed by atoms with Crippen molar-refractivity contribution in [2.75, 3.05) is 5.88 Å². The summed E-state index contributed by atoms with van der Waals surface area (Å²) in [6, 6.07) is 0. The Labute approximate surface area is 61.0 Å².